The summed E-state index contributed by atoms with van der Waals surface area (Å²) in [5.74, 6) is 0. The highest BCUT2D eigenvalue weighted by Crippen LogP contribution is 2.21. The molecule has 0 aliphatic carbocycles. The second kappa shape index (κ2) is 8.75. The molecule has 1 aromatic carbocycles. The van der Waals surface area contributed by atoms with Gasteiger partial charge in [0.25, 0.3) is 10.2 Å². The quantitative estimate of drug-likeness (QED) is 0.735. The molecular weight excluding hydrogens is 312 g/mol. The number of nitrogens with one attached hydrogen (secondary N) is 2. The van der Waals surface area contributed by atoms with E-state index in [9.17, 15) is 8.42 Å². The van der Waals surface area contributed by atoms with Gasteiger partial charge in [0.1, 0.15) is 0 Å². The van der Waals surface area contributed by atoms with Crippen LogP contribution in [0, 0.1) is 0 Å². The Balaban J connectivity index is 2.07. The molecule has 2 N–H and O–H groups in total. The van der Waals surface area contributed by atoms with E-state index in [4.69, 9.17) is 0 Å². The highest BCUT2D eigenvalue weighted by Gasteiger charge is 2.25. The fourth-order valence-electron chi connectivity index (χ4n) is 2.95. The van der Waals surface area contributed by atoms with Crippen LogP contribution < -0.4 is 9.44 Å². The number of hydrogen-bond acceptors (Lipinski definition) is 4. The first-order valence-corrected chi connectivity index (χ1v) is 9.79. The molecular formula is C16H28N4O2S. The fourth-order valence-corrected chi connectivity index (χ4v) is 3.81. The molecule has 1 unspecified atom stereocenters. The lowest BCUT2D eigenvalue weighted by molar-refractivity contribution is 0.100. The standard InChI is InChI=1S/C16H28N4O2S/c1-3-17-23(21,22)18-14-16(15-8-6-5-7-9-15)20-12-10-19(4-2)11-13-20/h5-9,16-18H,3-4,10-14H2,1-2H3. The van der Waals surface area contributed by atoms with Crippen LogP contribution in [-0.4, -0.2) is 64.0 Å². The third kappa shape index (κ3) is 5.54. The molecule has 0 spiro atoms. The summed E-state index contributed by atoms with van der Waals surface area (Å²) in [7, 11) is -3.43. The zero-order valence-electron chi connectivity index (χ0n) is 14.0. The predicted molar refractivity (Wildman–Crippen MR) is 93.5 cm³/mol. The molecule has 1 aliphatic rings. The zero-order valence-corrected chi connectivity index (χ0v) is 14.8. The van der Waals surface area contributed by atoms with Crippen molar-refractivity contribution in [2.75, 3.05) is 45.8 Å². The summed E-state index contributed by atoms with van der Waals surface area (Å²) in [6, 6.07) is 10.2. The third-order valence-electron chi connectivity index (χ3n) is 4.28. The normalized spacial score (nSPS) is 18.9. The van der Waals surface area contributed by atoms with E-state index in [1.54, 1.807) is 6.92 Å². The molecule has 1 heterocycles. The van der Waals surface area contributed by atoms with Crippen molar-refractivity contribution in [3.05, 3.63) is 35.9 Å². The number of likely N-dealkylation sites (N-methyl/N-ethyl adjacent to an activating group) is 1. The van der Waals surface area contributed by atoms with Crippen LogP contribution in [0.15, 0.2) is 30.3 Å². The van der Waals surface area contributed by atoms with Crippen LogP contribution in [0.1, 0.15) is 25.5 Å². The first kappa shape index (κ1) is 18.4. The molecule has 0 radical (unpaired) electrons. The minimum Gasteiger partial charge on any atom is -0.301 e. The lowest BCUT2D eigenvalue weighted by atomic mass is 10.0. The molecule has 0 bridgehead atoms. The first-order chi connectivity index (χ1) is 11.1. The summed E-state index contributed by atoms with van der Waals surface area (Å²) in [5.41, 5.74) is 1.15. The van der Waals surface area contributed by atoms with Gasteiger partial charge in [0, 0.05) is 45.3 Å². The van der Waals surface area contributed by atoms with Crippen molar-refractivity contribution in [1.82, 2.24) is 19.2 Å². The van der Waals surface area contributed by atoms with Crippen LogP contribution in [0.2, 0.25) is 0 Å². The van der Waals surface area contributed by atoms with Gasteiger partial charge in [-0.15, -0.1) is 0 Å². The maximum Gasteiger partial charge on any atom is 0.276 e. The van der Waals surface area contributed by atoms with E-state index in [-0.39, 0.29) is 6.04 Å². The van der Waals surface area contributed by atoms with E-state index >= 15 is 0 Å². The maximum atomic E-state index is 11.9. The lowest BCUT2D eigenvalue weighted by Gasteiger charge is -2.39. The SMILES string of the molecule is CCNS(=O)(=O)NCC(c1ccccc1)N1CCN(CC)CC1. The van der Waals surface area contributed by atoms with Gasteiger partial charge in [0.15, 0.2) is 0 Å². The van der Waals surface area contributed by atoms with Crippen molar-refractivity contribution in [1.29, 1.82) is 0 Å². The van der Waals surface area contributed by atoms with Gasteiger partial charge in [-0.05, 0) is 12.1 Å². The summed E-state index contributed by atoms with van der Waals surface area (Å²) >= 11 is 0. The smallest absolute Gasteiger partial charge is 0.276 e. The molecule has 6 nitrogen and oxygen atoms in total. The molecule has 0 aromatic heterocycles. The minimum atomic E-state index is -3.43. The average Bonchev–Trinajstić information content (AvgIpc) is 2.56. The van der Waals surface area contributed by atoms with E-state index in [0.29, 0.717) is 13.1 Å². The monoisotopic (exact) mass is 340 g/mol. The molecule has 1 saturated heterocycles. The van der Waals surface area contributed by atoms with Crippen LogP contribution in [0.5, 0.6) is 0 Å². The molecule has 0 amide bonds. The number of rotatable bonds is 8. The Labute approximate surface area is 140 Å². The van der Waals surface area contributed by atoms with Gasteiger partial charge in [0.2, 0.25) is 0 Å². The lowest BCUT2D eigenvalue weighted by Crippen LogP contribution is -2.50. The molecule has 0 saturated carbocycles. The first-order valence-electron chi connectivity index (χ1n) is 8.31. The summed E-state index contributed by atoms with van der Waals surface area (Å²) in [6.07, 6.45) is 0. The van der Waals surface area contributed by atoms with Crippen LogP contribution in [0.3, 0.4) is 0 Å². The number of nitrogens with zero attached hydrogens (tertiary/aromatic N) is 2. The van der Waals surface area contributed by atoms with Gasteiger partial charge in [-0.1, -0.05) is 44.2 Å². The van der Waals surface area contributed by atoms with E-state index in [1.807, 2.05) is 18.2 Å². The number of piperazine rings is 1. The van der Waals surface area contributed by atoms with Crippen molar-refractivity contribution in [3.63, 3.8) is 0 Å². The van der Waals surface area contributed by atoms with Crippen LogP contribution in [0.4, 0.5) is 0 Å². The van der Waals surface area contributed by atoms with Crippen molar-refractivity contribution >= 4 is 10.2 Å². The predicted octanol–water partition coefficient (Wildman–Crippen LogP) is 0.809. The average molecular weight is 340 g/mol. The number of benzene rings is 1. The largest absolute Gasteiger partial charge is 0.301 e. The molecule has 1 atom stereocenters. The zero-order chi connectivity index (χ0) is 16.7. The van der Waals surface area contributed by atoms with E-state index in [0.717, 1.165) is 38.3 Å². The van der Waals surface area contributed by atoms with Crippen molar-refractivity contribution < 1.29 is 8.42 Å². The Morgan fingerprint density at radius 3 is 2.26 bits per heavy atom. The van der Waals surface area contributed by atoms with Crippen LogP contribution >= 0.6 is 0 Å². The van der Waals surface area contributed by atoms with Gasteiger partial charge in [-0.3, -0.25) is 4.90 Å². The van der Waals surface area contributed by atoms with Crippen LogP contribution in [-0.2, 0) is 10.2 Å². The van der Waals surface area contributed by atoms with Crippen molar-refractivity contribution in [2.24, 2.45) is 0 Å². The molecule has 1 fully saturated rings. The van der Waals surface area contributed by atoms with E-state index in [1.165, 1.54) is 0 Å². The van der Waals surface area contributed by atoms with E-state index < -0.39 is 10.2 Å². The Kier molecular flexibility index (Phi) is 6.98. The fraction of sp³-hybridized carbons (Fsp3) is 0.625. The second-order valence-electron chi connectivity index (χ2n) is 5.75. The maximum absolute atomic E-state index is 11.9. The summed E-state index contributed by atoms with van der Waals surface area (Å²) in [5, 5.41) is 0. The molecule has 2 rings (SSSR count). The van der Waals surface area contributed by atoms with Gasteiger partial charge in [-0.2, -0.15) is 8.42 Å². The Morgan fingerprint density at radius 2 is 1.70 bits per heavy atom. The minimum absolute atomic E-state index is 0.0589. The topological polar surface area (TPSA) is 64.7 Å². The Bertz CT molecular complexity index is 557. The summed E-state index contributed by atoms with van der Waals surface area (Å²) < 4.78 is 29.0. The Morgan fingerprint density at radius 1 is 1.04 bits per heavy atom. The third-order valence-corrected chi connectivity index (χ3v) is 5.50. The molecule has 7 heteroatoms. The second-order valence-corrected chi connectivity index (χ2v) is 7.33. The summed E-state index contributed by atoms with van der Waals surface area (Å²) in [6.45, 7) is 9.75. The summed E-state index contributed by atoms with van der Waals surface area (Å²) in [4.78, 5) is 4.79. The number of hydrogen-bond donors (Lipinski definition) is 2. The van der Waals surface area contributed by atoms with Gasteiger partial charge >= 0.3 is 0 Å². The van der Waals surface area contributed by atoms with Gasteiger partial charge in [-0.25, -0.2) is 9.44 Å². The highest BCUT2D eigenvalue weighted by molar-refractivity contribution is 7.87. The van der Waals surface area contributed by atoms with E-state index in [2.05, 4.69) is 38.3 Å². The van der Waals surface area contributed by atoms with Gasteiger partial charge < -0.3 is 4.90 Å². The molecule has 130 valence electrons. The van der Waals surface area contributed by atoms with Gasteiger partial charge in [0.05, 0.1) is 0 Å². The molecule has 1 aliphatic heterocycles. The molecule has 23 heavy (non-hydrogen) atoms. The highest BCUT2D eigenvalue weighted by atomic mass is 32.2. The van der Waals surface area contributed by atoms with Crippen molar-refractivity contribution in [3.8, 4) is 0 Å². The van der Waals surface area contributed by atoms with Crippen molar-refractivity contribution in [2.45, 2.75) is 19.9 Å². The Hall–Kier alpha value is -0.990. The molecule has 1 aromatic rings. The van der Waals surface area contributed by atoms with Crippen LogP contribution in [0.25, 0.3) is 0 Å².